The number of aliphatic imine (C=N–C) groups is 1. The minimum atomic E-state index is -0.286. The van der Waals surface area contributed by atoms with Crippen molar-refractivity contribution < 1.29 is 19.1 Å². The third kappa shape index (κ3) is 4.74. The van der Waals surface area contributed by atoms with Crippen LogP contribution in [-0.2, 0) is 11.3 Å². The third-order valence-electron chi connectivity index (χ3n) is 5.29. The highest BCUT2D eigenvalue weighted by atomic mass is 16.5. The molecule has 0 radical (unpaired) electrons. The van der Waals surface area contributed by atoms with E-state index in [9.17, 15) is 9.59 Å². The molecule has 1 aliphatic rings. The van der Waals surface area contributed by atoms with Crippen LogP contribution in [0.2, 0.25) is 0 Å². The van der Waals surface area contributed by atoms with E-state index in [1.165, 1.54) is 4.90 Å². The zero-order chi connectivity index (χ0) is 22.5. The predicted molar refractivity (Wildman–Crippen MR) is 118 cm³/mol. The molecule has 31 heavy (non-hydrogen) atoms. The molecule has 1 aromatic heterocycles. The number of amides is 2. The van der Waals surface area contributed by atoms with Crippen molar-refractivity contribution in [2.45, 2.75) is 20.4 Å². The van der Waals surface area contributed by atoms with Gasteiger partial charge in [0.25, 0.3) is 11.8 Å². The van der Waals surface area contributed by atoms with Crippen LogP contribution < -0.4 is 4.74 Å². The Balaban J connectivity index is 1.54. The Bertz CT molecular complexity index is 984. The van der Waals surface area contributed by atoms with E-state index >= 15 is 0 Å². The first-order valence-electron chi connectivity index (χ1n) is 10.1. The average Bonchev–Trinajstić information content (AvgIpc) is 3.00. The summed E-state index contributed by atoms with van der Waals surface area (Å²) in [7, 11) is 5.27. The summed E-state index contributed by atoms with van der Waals surface area (Å²) in [6.45, 7) is 5.39. The highest BCUT2D eigenvalue weighted by Crippen LogP contribution is 2.24. The molecule has 1 aliphatic heterocycles. The molecule has 0 saturated heterocycles. The molecule has 2 amide bonds. The molecular formula is C23H28N4O4. The summed E-state index contributed by atoms with van der Waals surface area (Å²) in [5, 5.41) is 0. The number of imide groups is 1. The topological polar surface area (TPSA) is 84.3 Å². The molecule has 0 atom stereocenters. The van der Waals surface area contributed by atoms with Crippen LogP contribution in [0, 0.1) is 13.8 Å². The van der Waals surface area contributed by atoms with Crippen molar-refractivity contribution in [2.75, 3.05) is 40.9 Å². The van der Waals surface area contributed by atoms with Gasteiger partial charge in [0, 0.05) is 30.9 Å². The Kier molecular flexibility index (Phi) is 7.02. The molecule has 3 rings (SSSR count). The van der Waals surface area contributed by atoms with Crippen LogP contribution in [0.25, 0.3) is 0 Å². The van der Waals surface area contributed by atoms with Crippen molar-refractivity contribution in [3.05, 3.63) is 58.4 Å². The number of hydrogen-bond donors (Lipinski definition) is 0. The lowest BCUT2D eigenvalue weighted by Crippen LogP contribution is -2.35. The molecule has 2 aromatic rings. The standard InChI is InChI=1S/C23H28N4O4/c1-15-12-25-19(16(2)21(15)30-5)13-26(4)14-20(24-3)31-11-10-27-22(28)17-8-6-7-9-18(17)23(27)29/h6-9,12H,10-11,13-14H2,1-5H3/b24-20+. The van der Waals surface area contributed by atoms with Crippen molar-refractivity contribution in [2.24, 2.45) is 4.99 Å². The highest BCUT2D eigenvalue weighted by Gasteiger charge is 2.34. The number of benzene rings is 1. The van der Waals surface area contributed by atoms with E-state index in [0.717, 1.165) is 22.6 Å². The first-order chi connectivity index (χ1) is 14.9. The zero-order valence-electron chi connectivity index (χ0n) is 18.6. The number of aromatic nitrogens is 1. The smallest absolute Gasteiger partial charge is 0.261 e. The van der Waals surface area contributed by atoms with E-state index in [4.69, 9.17) is 9.47 Å². The Hall–Kier alpha value is -3.26. The summed E-state index contributed by atoms with van der Waals surface area (Å²) in [6, 6.07) is 6.84. The Morgan fingerprint density at radius 2 is 1.81 bits per heavy atom. The Labute approximate surface area is 182 Å². The molecule has 2 heterocycles. The van der Waals surface area contributed by atoms with Crippen LogP contribution in [0.3, 0.4) is 0 Å². The summed E-state index contributed by atoms with van der Waals surface area (Å²) >= 11 is 0. The van der Waals surface area contributed by atoms with Crippen LogP contribution in [0.4, 0.5) is 0 Å². The molecule has 0 saturated carbocycles. The number of ether oxygens (including phenoxy) is 2. The maximum absolute atomic E-state index is 12.4. The number of pyridine rings is 1. The van der Waals surface area contributed by atoms with Crippen LogP contribution in [-0.4, -0.2) is 73.4 Å². The predicted octanol–water partition coefficient (Wildman–Crippen LogP) is 2.48. The van der Waals surface area contributed by atoms with E-state index in [0.29, 0.717) is 30.1 Å². The van der Waals surface area contributed by atoms with E-state index in [2.05, 4.69) is 9.98 Å². The van der Waals surface area contributed by atoms with Gasteiger partial charge in [0.05, 0.1) is 37.0 Å². The van der Waals surface area contributed by atoms with Gasteiger partial charge < -0.3 is 9.47 Å². The largest absolute Gasteiger partial charge is 0.496 e. The molecule has 0 spiro atoms. The van der Waals surface area contributed by atoms with Gasteiger partial charge in [-0.15, -0.1) is 0 Å². The van der Waals surface area contributed by atoms with Crippen molar-refractivity contribution in [1.82, 2.24) is 14.8 Å². The normalized spacial score (nSPS) is 13.7. The second-order valence-electron chi connectivity index (χ2n) is 7.49. The molecule has 1 aromatic carbocycles. The molecule has 0 N–H and O–H groups in total. The number of carbonyl (C=O) groups is 2. The molecule has 0 fully saturated rings. The van der Waals surface area contributed by atoms with Gasteiger partial charge in [-0.3, -0.25) is 29.4 Å². The van der Waals surface area contributed by atoms with Crippen LogP contribution in [0.5, 0.6) is 5.75 Å². The SMILES string of the molecule is C/N=C(\CN(C)Cc1ncc(C)c(OC)c1C)OCCN1C(=O)c2ccccc2C1=O. The van der Waals surface area contributed by atoms with E-state index < -0.39 is 0 Å². The second-order valence-corrected chi connectivity index (χ2v) is 7.49. The Morgan fingerprint density at radius 3 is 2.39 bits per heavy atom. The van der Waals surface area contributed by atoms with Gasteiger partial charge >= 0.3 is 0 Å². The molecule has 0 unspecified atom stereocenters. The fourth-order valence-electron chi connectivity index (χ4n) is 3.65. The molecular weight excluding hydrogens is 396 g/mol. The number of carbonyl (C=O) groups excluding carboxylic acids is 2. The maximum Gasteiger partial charge on any atom is 0.261 e. The van der Waals surface area contributed by atoms with Gasteiger partial charge in [0.15, 0.2) is 5.90 Å². The first-order valence-corrected chi connectivity index (χ1v) is 10.1. The third-order valence-corrected chi connectivity index (χ3v) is 5.29. The molecule has 164 valence electrons. The summed E-state index contributed by atoms with van der Waals surface area (Å²) in [5.41, 5.74) is 3.81. The van der Waals surface area contributed by atoms with Crippen molar-refractivity contribution in [1.29, 1.82) is 0 Å². The minimum Gasteiger partial charge on any atom is -0.496 e. The minimum absolute atomic E-state index is 0.172. The maximum atomic E-state index is 12.4. The number of aryl methyl sites for hydroxylation is 1. The number of nitrogens with zero attached hydrogens (tertiary/aromatic N) is 4. The number of likely N-dealkylation sites (N-methyl/N-ethyl adjacent to an activating group) is 1. The van der Waals surface area contributed by atoms with Crippen molar-refractivity contribution >= 4 is 17.7 Å². The monoisotopic (exact) mass is 424 g/mol. The van der Waals surface area contributed by atoms with Crippen molar-refractivity contribution in [3.8, 4) is 5.75 Å². The van der Waals surface area contributed by atoms with E-state index in [1.807, 2.05) is 32.0 Å². The van der Waals surface area contributed by atoms with Gasteiger partial charge in [-0.1, -0.05) is 12.1 Å². The highest BCUT2D eigenvalue weighted by molar-refractivity contribution is 6.21. The zero-order valence-corrected chi connectivity index (χ0v) is 18.6. The number of fused-ring (bicyclic) bond motifs is 1. The number of rotatable bonds is 8. The van der Waals surface area contributed by atoms with Gasteiger partial charge in [0.1, 0.15) is 12.4 Å². The lowest BCUT2D eigenvalue weighted by Gasteiger charge is -2.21. The van der Waals surface area contributed by atoms with Gasteiger partial charge in [-0.2, -0.15) is 0 Å². The summed E-state index contributed by atoms with van der Waals surface area (Å²) in [4.78, 5) is 36.8. The van der Waals surface area contributed by atoms with E-state index in [-0.39, 0.29) is 25.0 Å². The van der Waals surface area contributed by atoms with Crippen LogP contribution in [0.15, 0.2) is 35.5 Å². The number of hydrogen-bond acceptors (Lipinski definition) is 7. The lowest BCUT2D eigenvalue weighted by atomic mass is 10.1. The van der Waals surface area contributed by atoms with Crippen LogP contribution in [0.1, 0.15) is 37.5 Å². The first kappa shape index (κ1) is 22.4. The summed E-state index contributed by atoms with van der Waals surface area (Å²) in [5.74, 6) is 0.799. The van der Waals surface area contributed by atoms with Crippen molar-refractivity contribution in [3.63, 3.8) is 0 Å². The number of methoxy groups -OCH3 is 1. The molecule has 0 aliphatic carbocycles. The Morgan fingerprint density at radius 1 is 1.16 bits per heavy atom. The lowest BCUT2D eigenvalue weighted by molar-refractivity contribution is 0.0626. The van der Waals surface area contributed by atoms with Gasteiger partial charge in [-0.05, 0) is 33.0 Å². The fourth-order valence-corrected chi connectivity index (χ4v) is 3.65. The molecule has 8 heteroatoms. The molecule has 0 bridgehead atoms. The van der Waals surface area contributed by atoms with Gasteiger partial charge in [-0.25, -0.2) is 0 Å². The van der Waals surface area contributed by atoms with Crippen LogP contribution >= 0.6 is 0 Å². The molecule has 8 nitrogen and oxygen atoms in total. The quantitative estimate of drug-likeness (QED) is 0.368. The summed E-state index contributed by atoms with van der Waals surface area (Å²) < 4.78 is 11.2. The second kappa shape index (κ2) is 9.70. The fraction of sp³-hybridized carbons (Fsp3) is 0.391. The average molecular weight is 425 g/mol. The van der Waals surface area contributed by atoms with E-state index in [1.54, 1.807) is 38.4 Å². The van der Waals surface area contributed by atoms with Gasteiger partial charge in [0.2, 0.25) is 0 Å². The summed E-state index contributed by atoms with van der Waals surface area (Å²) in [6.07, 6.45) is 1.81.